The van der Waals surface area contributed by atoms with Crippen LogP contribution in [0, 0.1) is 27.7 Å². The molecule has 2 heterocycles. The molecule has 4 aromatic rings. The largest absolute Gasteiger partial charge is 0.534 e. The van der Waals surface area contributed by atoms with Crippen molar-refractivity contribution in [1.29, 1.82) is 0 Å². The third-order valence-corrected chi connectivity index (χ3v) is 16.8. The Morgan fingerprint density at radius 3 is 1.28 bits per heavy atom. The maximum absolute atomic E-state index is 12.8. The van der Waals surface area contributed by atoms with Gasteiger partial charge in [0.1, 0.15) is 11.5 Å². The monoisotopic (exact) mass is 952 g/mol. The van der Waals surface area contributed by atoms with Crippen molar-refractivity contribution in [2.75, 3.05) is 23.0 Å². The van der Waals surface area contributed by atoms with Crippen LogP contribution in [-0.2, 0) is 20.9 Å². The zero-order valence-electron chi connectivity index (χ0n) is 39.1. The highest BCUT2D eigenvalue weighted by molar-refractivity contribution is 7.99. The van der Waals surface area contributed by atoms with Crippen molar-refractivity contribution in [3.8, 4) is 11.5 Å². The Labute approximate surface area is 394 Å². The highest BCUT2D eigenvalue weighted by Gasteiger charge is 2.49. The molecule has 2 fully saturated rings. The summed E-state index contributed by atoms with van der Waals surface area (Å²) in [4.78, 5) is 0. The first kappa shape index (κ1) is 52.3. The van der Waals surface area contributed by atoms with Gasteiger partial charge in [-0.2, -0.15) is 45.1 Å². The van der Waals surface area contributed by atoms with Crippen LogP contribution in [-0.4, -0.2) is 63.5 Å². The number of phenolic OH excluding ortho intramolecular Hbond substituents is 1. The van der Waals surface area contributed by atoms with Gasteiger partial charge in [-0.05, 0) is 170 Å². The van der Waals surface area contributed by atoms with E-state index < -0.39 is 32.2 Å². The van der Waals surface area contributed by atoms with E-state index in [9.17, 15) is 36.9 Å². The van der Waals surface area contributed by atoms with Crippen LogP contribution in [0.1, 0.15) is 135 Å². The third-order valence-electron chi connectivity index (χ3n) is 13.9. The molecule has 0 spiro atoms. The van der Waals surface area contributed by atoms with Crippen molar-refractivity contribution in [2.24, 2.45) is 0 Å². The van der Waals surface area contributed by atoms with Gasteiger partial charge in [0.15, 0.2) is 0 Å². The Morgan fingerprint density at radius 2 is 0.938 bits per heavy atom. The fraction of sp³-hybridized carbons (Fsp3) is 0.472. The number of aliphatic hydroxyl groups is 2. The predicted molar refractivity (Wildman–Crippen MR) is 266 cm³/mol. The molecule has 2 saturated heterocycles. The lowest BCUT2D eigenvalue weighted by Gasteiger charge is -2.34. The smallest absolute Gasteiger partial charge is 0.508 e. The lowest BCUT2D eigenvalue weighted by molar-refractivity contribution is -0.0500. The molecule has 6 nitrogen and oxygen atoms in total. The first-order chi connectivity index (χ1) is 30.6. The minimum absolute atomic E-state index is 0.0652. The number of hydrogen-bond donors (Lipinski definition) is 3. The zero-order chi connectivity index (χ0) is 47.8. The molecule has 0 amide bonds. The van der Waals surface area contributed by atoms with Gasteiger partial charge in [0.05, 0.1) is 11.2 Å². The summed E-state index contributed by atoms with van der Waals surface area (Å²) in [6.07, 6.45) is 14.6. The minimum atomic E-state index is -5.74. The summed E-state index contributed by atoms with van der Waals surface area (Å²) in [6.45, 7) is 16.3. The van der Waals surface area contributed by atoms with Crippen LogP contribution in [0.3, 0.4) is 0 Å². The average molecular weight is 953 g/mol. The summed E-state index contributed by atoms with van der Waals surface area (Å²) >= 11 is 3.78. The minimum Gasteiger partial charge on any atom is -0.508 e. The molecule has 0 saturated carbocycles. The number of rotatable bonds is 14. The van der Waals surface area contributed by atoms with Gasteiger partial charge < -0.3 is 19.5 Å². The maximum Gasteiger partial charge on any atom is 0.534 e. The summed E-state index contributed by atoms with van der Waals surface area (Å²) < 4.78 is 65.6. The van der Waals surface area contributed by atoms with Crippen molar-refractivity contribution >= 4 is 45.8 Å². The molecule has 3 N–H and O–H groups in total. The van der Waals surface area contributed by atoms with Crippen LogP contribution < -0.4 is 4.18 Å². The fourth-order valence-electron chi connectivity index (χ4n) is 9.22. The second kappa shape index (κ2) is 21.5. The van der Waals surface area contributed by atoms with E-state index in [4.69, 9.17) is 0 Å². The molecule has 0 unspecified atom stereocenters. The Balaban J connectivity index is 0.000000250. The van der Waals surface area contributed by atoms with Gasteiger partial charge in [0, 0.05) is 10.8 Å². The van der Waals surface area contributed by atoms with Crippen molar-refractivity contribution < 1.29 is 41.1 Å². The maximum atomic E-state index is 12.8. The van der Waals surface area contributed by atoms with Gasteiger partial charge in [-0.1, -0.05) is 113 Å². The van der Waals surface area contributed by atoms with Crippen LogP contribution in [0.4, 0.5) is 13.2 Å². The standard InChI is InChI=1S/C27H33F3O4S2.C26H34O2S/c1-5-26(6-2,23-9-10-24(20(4)18-23)34-36(32,33)27(28,29)30)22-8-7-21(19(3)17-22)11-12-25(31)13-15-35-16-14-25;1-5-26(6-2,23-9-10-24(27)20(4)18-23)22-8-7-21(19(3)17-22)11-12-25(28)13-15-29-16-14-25/h7-12,17-18,31H,5-6,13-16H2,1-4H3;7-12,17-18,27-28H,5-6,13-16H2,1-4H3/b2*12-11+. The Morgan fingerprint density at radius 1 is 0.585 bits per heavy atom. The summed E-state index contributed by atoms with van der Waals surface area (Å²) in [6, 6.07) is 23.6. The third kappa shape index (κ3) is 12.1. The van der Waals surface area contributed by atoms with Crippen LogP contribution in [0.5, 0.6) is 11.5 Å². The molecule has 2 aliphatic rings. The first-order valence-corrected chi connectivity index (χ1v) is 26.4. The first-order valence-electron chi connectivity index (χ1n) is 22.7. The van der Waals surface area contributed by atoms with Gasteiger partial charge in [0.25, 0.3) is 0 Å². The number of hydrogen-bond acceptors (Lipinski definition) is 8. The van der Waals surface area contributed by atoms with E-state index in [0.717, 1.165) is 102 Å². The summed E-state index contributed by atoms with van der Waals surface area (Å²) in [5.74, 6) is 3.96. The fourth-order valence-corrected chi connectivity index (χ4v) is 12.1. The lowest BCUT2D eigenvalue weighted by atomic mass is 9.70. The molecule has 2 aliphatic heterocycles. The highest BCUT2D eigenvalue weighted by atomic mass is 32.2. The van der Waals surface area contributed by atoms with Gasteiger partial charge in [-0.15, -0.1) is 0 Å². The second-order valence-corrected chi connectivity index (χ2v) is 21.8. The van der Waals surface area contributed by atoms with Crippen LogP contribution in [0.2, 0.25) is 0 Å². The summed E-state index contributed by atoms with van der Waals surface area (Å²) in [5.41, 5.74) is 2.80. The number of benzene rings is 4. The molecule has 0 aliphatic carbocycles. The molecule has 0 atom stereocenters. The average Bonchev–Trinajstić information content (AvgIpc) is 3.26. The summed E-state index contributed by atoms with van der Waals surface area (Å²) in [5, 5.41) is 31.5. The van der Waals surface area contributed by atoms with Crippen LogP contribution in [0.15, 0.2) is 84.9 Å². The number of halogens is 3. The van der Waals surface area contributed by atoms with E-state index in [2.05, 4.69) is 81.3 Å². The molecule has 6 rings (SSSR count). The Kier molecular flexibility index (Phi) is 17.3. The van der Waals surface area contributed by atoms with Gasteiger partial charge >= 0.3 is 15.6 Å². The number of aryl methyl sites for hydroxylation is 4. The molecule has 0 aromatic heterocycles. The van der Waals surface area contributed by atoms with Gasteiger partial charge in [-0.3, -0.25) is 0 Å². The van der Waals surface area contributed by atoms with E-state index in [0.29, 0.717) is 11.3 Å². The summed E-state index contributed by atoms with van der Waals surface area (Å²) in [7, 11) is -5.74. The quantitative estimate of drug-likeness (QED) is 0.0848. The van der Waals surface area contributed by atoms with Gasteiger partial charge in [0.2, 0.25) is 0 Å². The van der Waals surface area contributed by atoms with Crippen molar-refractivity contribution in [1.82, 2.24) is 0 Å². The van der Waals surface area contributed by atoms with Crippen LogP contribution in [0.25, 0.3) is 12.2 Å². The molecule has 65 heavy (non-hydrogen) atoms. The van der Waals surface area contributed by atoms with Crippen LogP contribution >= 0.6 is 23.5 Å². The van der Waals surface area contributed by atoms with E-state index >= 15 is 0 Å². The number of thioether (sulfide) groups is 2. The predicted octanol–water partition coefficient (Wildman–Crippen LogP) is 13.3. The molecule has 0 bridgehead atoms. The molecule has 354 valence electrons. The number of phenols is 1. The molecule has 12 heteroatoms. The van der Waals surface area contributed by atoms with Crippen molar-refractivity contribution in [3.05, 3.63) is 141 Å². The Hall–Kier alpha value is -3.68. The van der Waals surface area contributed by atoms with Crippen molar-refractivity contribution in [2.45, 2.75) is 134 Å². The zero-order valence-corrected chi connectivity index (χ0v) is 41.6. The molecular weight excluding hydrogens is 886 g/mol. The number of alkyl halides is 3. The van der Waals surface area contributed by atoms with Crippen molar-refractivity contribution in [3.63, 3.8) is 0 Å². The number of aromatic hydroxyl groups is 1. The molecule has 4 aromatic carbocycles. The SMILES string of the molecule is CCC(CC)(c1ccc(/C=C/C2(O)CCSCC2)c(C)c1)c1ccc(OS(=O)(=O)C(F)(F)F)c(C)c1.CCC(CC)(c1ccc(O)c(C)c1)c1ccc(/C=C/C2(O)CCSCC2)c(C)c1. The Bertz CT molecular complexity index is 2420. The van der Waals surface area contributed by atoms with Gasteiger partial charge in [-0.25, -0.2) is 0 Å². The van der Waals surface area contributed by atoms with E-state index in [1.165, 1.54) is 35.2 Å². The normalized spacial score (nSPS) is 16.9. The highest BCUT2D eigenvalue weighted by Crippen LogP contribution is 2.43. The topological polar surface area (TPSA) is 104 Å². The lowest BCUT2D eigenvalue weighted by Crippen LogP contribution is -2.30. The van der Waals surface area contributed by atoms with E-state index in [-0.39, 0.29) is 11.2 Å². The van der Waals surface area contributed by atoms with E-state index in [1.54, 1.807) is 12.1 Å². The molecular formula is C53H67F3O6S3. The molecule has 0 radical (unpaired) electrons. The van der Waals surface area contributed by atoms with E-state index in [1.807, 2.05) is 73.8 Å². The second-order valence-electron chi connectivity index (χ2n) is 17.8.